The minimum Gasteiger partial charge on any atom is -0.314 e. The summed E-state index contributed by atoms with van der Waals surface area (Å²) in [4.78, 5) is 2.75. The Bertz CT molecular complexity index is 299. The van der Waals surface area contributed by atoms with Crippen LogP contribution in [0.4, 0.5) is 0 Å². The monoisotopic (exact) mass is 294 g/mol. The zero-order valence-electron chi connectivity index (χ0n) is 15.0. The topological polar surface area (TPSA) is 15.3 Å². The van der Waals surface area contributed by atoms with Crippen molar-refractivity contribution in [1.29, 1.82) is 0 Å². The van der Waals surface area contributed by atoms with E-state index in [0.717, 1.165) is 5.92 Å². The molecule has 0 aromatic rings. The second kappa shape index (κ2) is 7.46. The first-order chi connectivity index (χ1) is 9.95. The minimum atomic E-state index is 0.452. The van der Waals surface area contributed by atoms with Gasteiger partial charge in [-0.25, -0.2) is 0 Å². The van der Waals surface area contributed by atoms with E-state index in [0.29, 0.717) is 11.0 Å². The number of rotatable bonds is 4. The first kappa shape index (κ1) is 17.3. The summed E-state index contributed by atoms with van der Waals surface area (Å²) < 4.78 is 0. The lowest BCUT2D eigenvalue weighted by Crippen LogP contribution is -2.47. The third-order valence-electron chi connectivity index (χ3n) is 6.29. The molecule has 0 bridgehead atoms. The molecule has 1 N–H and O–H groups in total. The molecule has 1 heterocycles. The van der Waals surface area contributed by atoms with Crippen molar-refractivity contribution in [2.24, 2.45) is 11.3 Å². The summed E-state index contributed by atoms with van der Waals surface area (Å²) in [5, 5.41) is 3.68. The van der Waals surface area contributed by atoms with Crippen LogP contribution < -0.4 is 5.32 Å². The SMILES string of the molecule is CNC1(CCN2CCCC(C(C)(C)C)CC2)CCCCC1. The summed E-state index contributed by atoms with van der Waals surface area (Å²) in [6, 6.07) is 0. The van der Waals surface area contributed by atoms with Gasteiger partial charge in [0.1, 0.15) is 0 Å². The lowest BCUT2D eigenvalue weighted by atomic mass is 9.77. The molecular formula is C19H38N2. The van der Waals surface area contributed by atoms with Crippen molar-refractivity contribution in [2.75, 3.05) is 26.7 Å². The molecule has 1 aliphatic carbocycles. The Balaban J connectivity index is 1.80. The van der Waals surface area contributed by atoms with Gasteiger partial charge in [0.25, 0.3) is 0 Å². The molecule has 1 saturated heterocycles. The fraction of sp³-hybridized carbons (Fsp3) is 1.00. The van der Waals surface area contributed by atoms with Crippen LogP contribution in [0, 0.1) is 11.3 Å². The van der Waals surface area contributed by atoms with Crippen molar-refractivity contribution in [3.8, 4) is 0 Å². The number of nitrogens with zero attached hydrogens (tertiary/aromatic N) is 1. The Hall–Kier alpha value is -0.0800. The molecule has 1 saturated carbocycles. The third-order valence-corrected chi connectivity index (χ3v) is 6.29. The van der Waals surface area contributed by atoms with Crippen molar-refractivity contribution in [2.45, 2.75) is 84.1 Å². The van der Waals surface area contributed by atoms with E-state index in [1.807, 2.05) is 0 Å². The highest BCUT2D eigenvalue weighted by molar-refractivity contribution is 4.90. The molecule has 0 amide bonds. The molecule has 2 rings (SSSR count). The summed E-state index contributed by atoms with van der Waals surface area (Å²) in [6.45, 7) is 11.2. The molecule has 0 aromatic carbocycles. The second-order valence-corrected chi connectivity index (χ2v) is 8.68. The number of likely N-dealkylation sites (tertiary alicyclic amines) is 1. The summed E-state index contributed by atoms with van der Waals surface area (Å²) >= 11 is 0. The standard InChI is InChI=1S/C19H38N2/c1-18(2,3)17-9-8-14-21(15-10-17)16-13-19(20-4)11-6-5-7-12-19/h17,20H,5-16H2,1-4H3. The van der Waals surface area contributed by atoms with Crippen molar-refractivity contribution >= 4 is 0 Å². The van der Waals surface area contributed by atoms with Crippen LogP contribution in [-0.4, -0.2) is 37.1 Å². The van der Waals surface area contributed by atoms with Crippen molar-refractivity contribution in [3.05, 3.63) is 0 Å². The maximum Gasteiger partial charge on any atom is 0.0190 e. The van der Waals surface area contributed by atoms with Gasteiger partial charge in [-0.15, -0.1) is 0 Å². The van der Waals surface area contributed by atoms with Gasteiger partial charge in [0.2, 0.25) is 0 Å². The average Bonchev–Trinajstić information content (AvgIpc) is 2.71. The number of hydrogen-bond donors (Lipinski definition) is 1. The summed E-state index contributed by atoms with van der Waals surface area (Å²) in [5.74, 6) is 0.912. The van der Waals surface area contributed by atoms with Crippen LogP contribution in [-0.2, 0) is 0 Å². The lowest BCUT2D eigenvalue weighted by molar-refractivity contribution is 0.176. The van der Waals surface area contributed by atoms with Crippen molar-refractivity contribution < 1.29 is 0 Å². The molecule has 2 nitrogen and oxygen atoms in total. The number of nitrogens with one attached hydrogen (secondary N) is 1. The van der Waals surface area contributed by atoms with E-state index < -0.39 is 0 Å². The zero-order chi connectivity index (χ0) is 15.3. The fourth-order valence-corrected chi connectivity index (χ4v) is 4.47. The fourth-order valence-electron chi connectivity index (χ4n) is 4.47. The first-order valence-electron chi connectivity index (χ1n) is 9.36. The van der Waals surface area contributed by atoms with E-state index in [9.17, 15) is 0 Å². The Kier molecular flexibility index (Phi) is 6.14. The second-order valence-electron chi connectivity index (χ2n) is 8.68. The predicted molar refractivity (Wildman–Crippen MR) is 92.7 cm³/mol. The van der Waals surface area contributed by atoms with Crippen LogP contribution in [0.1, 0.15) is 78.6 Å². The molecule has 2 heteroatoms. The smallest absolute Gasteiger partial charge is 0.0190 e. The molecule has 1 unspecified atom stereocenters. The van der Waals surface area contributed by atoms with E-state index >= 15 is 0 Å². The van der Waals surface area contributed by atoms with Gasteiger partial charge < -0.3 is 10.2 Å². The van der Waals surface area contributed by atoms with Gasteiger partial charge in [-0.05, 0) is 76.5 Å². The molecule has 124 valence electrons. The van der Waals surface area contributed by atoms with Gasteiger partial charge in [0.05, 0.1) is 0 Å². The Morgan fingerprint density at radius 3 is 2.33 bits per heavy atom. The Morgan fingerprint density at radius 1 is 1.00 bits per heavy atom. The van der Waals surface area contributed by atoms with Crippen LogP contribution in [0.5, 0.6) is 0 Å². The van der Waals surface area contributed by atoms with E-state index in [1.54, 1.807) is 0 Å². The van der Waals surface area contributed by atoms with E-state index in [4.69, 9.17) is 0 Å². The molecule has 1 atom stereocenters. The van der Waals surface area contributed by atoms with E-state index in [-0.39, 0.29) is 0 Å². The third kappa shape index (κ3) is 4.96. The maximum atomic E-state index is 3.68. The molecule has 2 aliphatic rings. The summed E-state index contributed by atoms with van der Waals surface area (Å²) in [7, 11) is 2.18. The van der Waals surface area contributed by atoms with Crippen molar-refractivity contribution in [3.63, 3.8) is 0 Å². The zero-order valence-corrected chi connectivity index (χ0v) is 15.0. The van der Waals surface area contributed by atoms with Crippen molar-refractivity contribution in [1.82, 2.24) is 10.2 Å². The molecule has 2 fully saturated rings. The largest absolute Gasteiger partial charge is 0.314 e. The molecule has 0 aromatic heterocycles. The Morgan fingerprint density at radius 2 is 1.71 bits per heavy atom. The first-order valence-corrected chi connectivity index (χ1v) is 9.36. The van der Waals surface area contributed by atoms with Gasteiger partial charge in [0, 0.05) is 5.54 Å². The van der Waals surface area contributed by atoms with Gasteiger partial charge in [-0.1, -0.05) is 40.0 Å². The molecular weight excluding hydrogens is 256 g/mol. The highest BCUT2D eigenvalue weighted by atomic mass is 15.1. The highest BCUT2D eigenvalue weighted by Gasteiger charge is 2.31. The highest BCUT2D eigenvalue weighted by Crippen LogP contribution is 2.35. The predicted octanol–water partition coefficient (Wildman–Crippen LogP) is 4.45. The summed E-state index contributed by atoms with van der Waals surface area (Å²) in [5.41, 5.74) is 0.944. The molecule has 21 heavy (non-hydrogen) atoms. The van der Waals surface area contributed by atoms with Gasteiger partial charge in [-0.2, -0.15) is 0 Å². The van der Waals surface area contributed by atoms with Crippen LogP contribution >= 0.6 is 0 Å². The molecule has 0 radical (unpaired) electrons. The maximum absolute atomic E-state index is 3.68. The lowest BCUT2D eigenvalue weighted by Gasteiger charge is -2.39. The van der Waals surface area contributed by atoms with Gasteiger partial charge in [0.15, 0.2) is 0 Å². The van der Waals surface area contributed by atoms with Crippen LogP contribution in [0.3, 0.4) is 0 Å². The normalized spacial score (nSPS) is 28.3. The Labute approximate surface area is 133 Å². The van der Waals surface area contributed by atoms with Gasteiger partial charge in [-0.3, -0.25) is 0 Å². The minimum absolute atomic E-state index is 0.452. The van der Waals surface area contributed by atoms with Crippen LogP contribution in [0.15, 0.2) is 0 Å². The quantitative estimate of drug-likeness (QED) is 0.824. The summed E-state index contributed by atoms with van der Waals surface area (Å²) in [6.07, 6.45) is 12.6. The van der Waals surface area contributed by atoms with E-state index in [1.165, 1.54) is 77.4 Å². The van der Waals surface area contributed by atoms with E-state index in [2.05, 4.69) is 38.0 Å². The molecule has 0 spiro atoms. The number of hydrogen-bond acceptors (Lipinski definition) is 2. The average molecular weight is 295 g/mol. The van der Waals surface area contributed by atoms with Crippen LogP contribution in [0.25, 0.3) is 0 Å². The molecule has 1 aliphatic heterocycles. The van der Waals surface area contributed by atoms with Gasteiger partial charge >= 0.3 is 0 Å². The van der Waals surface area contributed by atoms with Crippen LogP contribution in [0.2, 0.25) is 0 Å².